The molecule has 0 atom stereocenters. The van der Waals surface area contributed by atoms with E-state index in [-0.39, 0.29) is 5.82 Å². The van der Waals surface area contributed by atoms with E-state index in [9.17, 15) is 4.39 Å². The molecule has 0 amide bonds. The Balaban J connectivity index is 2.36. The van der Waals surface area contributed by atoms with E-state index in [0.717, 1.165) is 36.2 Å². The first-order valence-electron chi connectivity index (χ1n) is 6.87. The molecule has 0 radical (unpaired) electrons. The first-order valence-corrected chi connectivity index (χ1v) is 7.25. The van der Waals surface area contributed by atoms with Crippen molar-refractivity contribution in [1.29, 1.82) is 0 Å². The molecule has 1 nitrogen and oxygen atoms in total. The van der Waals surface area contributed by atoms with Crippen LogP contribution in [0.3, 0.4) is 0 Å². The van der Waals surface area contributed by atoms with Crippen molar-refractivity contribution < 1.29 is 4.39 Å². The lowest BCUT2D eigenvalue weighted by Gasteiger charge is -2.12. The number of benzene rings is 2. The van der Waals surface area contributed by atoms with Gasteiger partial charge in [-0.25, -0.2) is 4.39 Å². The number of rotatable bonds is 5. The Labute approximate surface area is 124 Å². The van der Waals surface area contributed by atoms with E-state index < -0.39 is 0 Å². The lowest BCUT2D eigenvalue weighted by molar-refractivity contribution is 0.619. The van der Waals surface area contributed by atoms with Crippen LogP contribution >= 0.6 is 11.6 Å². The van der Waals surface area contributed by atoms with Gasteiger partial charge in [0.25, 0.3) is 0 Å². The smallest absolute Gasteiger partial charge is 0.126 e. The molecule has 0 bridgehead atoms. The number of nitrogens with one attached hydrogen (secondary N) is 1. The molecule has 0 heterocycles. The van der Waals surface area contributed by atoms with Crippen molar-refractivity contribution in [1.82, 2.24) is 5.32 Å². The molecule has 0 unspecified atom stereocenters. The summed E-state index contributed by atoms with van der Waals surface area (Å²) in [4.78, 5) is 0. The Hall–Kier alpha value is -1.38. The SMILES string of the molecule is CCCNCc1cc(Cl)ccc1-c1ccc(C)c(F)c1. The summed E-state index contributed by atoms with van der Waals surface area (Å²) in [6.45, 7) is 5.58. The van der Waals surface area contributed by atoms with Crippen molar-refractivity contribution in [2.24, 2.45) is 0 Å². The predicted octanol–water partition coefficient (Wildman–Crippen LogP) is 4.95. The third-order valence-electron chi connectivity index (χ3n) is 3.29. The summed E-state index contributed by atoms with van der Waals surface area (Å²) in [7, 11) is 0. The van der Waals surface area contributed by atoms with Crippen LogP contribution in [-0.2, 0) is 6.54 Å². The zero-order valence-electron chi connectivity index (χ0n) is 11.8. The molecule has 0 spiro atoms. The minimum Gasteiger partial charge on any atom is -0.313 e. The molecular weight excluding hydrogens is 273 g/mol. The van der Waals surface area contributed by atoms with Crippen LogP contribution < -0.4 is 5.32 Å². The quantitative estimate of drug-likeness (QED) is 0.768. The van der Waals surface area contributed by atoms with Crippen LogP contribution in [0.5, 0.6) is 0 Å². The maximum Gasteiger partial charge on any atom is 0.126 e. The largest absolute Gasteiger partial charge is 0.313 e. The first-order chi connectivity index (χ1) is 9.61. The molecule has 0 fully saturated rings. The van der Waals surface area contributed by atoms with Gasteiger partial charge in [-0.05, 0) is 60.3 Å². The third kappa shape index (κ3) is 3.59. The molecule has 2 aromatic rings. The Bertz CT molecular complexity index is 596. The molecule has 0 aromatic heterocycles. The van der Waals surface area contributed by atoms with Crippen LogP contribution in [0.1, 0.15) is 24.5 Å². The average Bonchev–Trinajstić information content (AvgIpc) is 2.43. The molecular formula is C17H19ClFN. The summed E-state index contributed by atoms with van der Waals surface area (Å²) in [5.74, 6) is -0.176. The molecule has 0 aliphatic heterocycles. The van der Waals surface area contributed by atoms with Gasteiger partial charge >= 0.3 is 0 Å². The number of hydrogen-bond acceptors (Lipinski definition) is 1. The Morgan fingerprint density at radius 3 is 2.65 bits per heavy atom. The Morgan fingerprint density at radius 2 is 1.95 bits per heavy atom. The van der Waals surface area contributed by atoms with Gasteiger partial charge < -0.3 is 5.32 Å². The predicted molar refractivity (Wildman–Crippen MR) is 83.6 cm³/mol. The van der Waals surface area contributed by atoms with Gasteiger partial charge in [0.2, 0.25) is 0 Å². The second-order valence-electron chi connectivity index (χ2n) is 4.94. The molecule has 0 saturated heterocycles. The van der Waals surface area contributed by atoms with Crippen molar-refractivity contribution in [3.8, 4) is 11.1 Å². The molecule has 2 aromatic carbocycles. The lowest BCUT2D eigenvalue weighted by Crippen LogP contribution is -2.14. The first kappa shape index (κ1) is 15.0. The fourth-order valence-electron chi connectivity index (χ4n) is 2.15. The Morgan fingerprint density at radius 1 is 1.15 bits per heavy atom. The van der Waals surface area contributed by atoms with Gasteiger partial charge in [-0.1, -0.05) is 36.7 Å². The normalized spacial score (nSPS) is 10.8. The summed E-state index contributed by atoms with van der Waals surface area (Å²) in [6, 6.07) is 11.1. The molecule has 3 heteroatoms. The highest BCUT2D eigenvalue weighted by Crippen LogP contribution is 2.28. The summed E-state index contributed by atoms with van der Waals surface area (Å²) >= 11 is 6.07. The number of hydrogen-bond donors (Lipinski definition) is 1. The fourth-order valence-corrected chi connectivity index (χ4v) is 2.35. The summed E-state index contributed by atoms with van der Waals surface area (Å²) in [5.41, 5.74) is 3.66. The van der Waals surface area contributed by atoms with Crippen LogP contribution in [0.4, 0.5) is 4.39 Å². The molecule has 0 aliphatic carbocycles. The van der Waals surface area contributed by atoms with E-state index in [1.54, 1.807) is 13.0 Å². The Kier molecular flexibility index (Phi) is 5.16. The summed E-state index contributed by atoms with van der Waals surface area (Å²) < 4.78 is 13.7. The second-order valence-corrected chi connectivity index (χ2v) is 5.38. The summed E-state index contributed by atoms with van der Waals surface area (Å²) in [5, 5.41) is 4.07. The van der Waals surface area contributed by atoms with Crippen LogP contribution in [-0.4, -0.2) is 6.54 Å². The van der Waals surface area contributed by atoms with Crippen molar-refractivity contribution in [2.75, 3.05) is 6.54 Å². The van der Waals surface area contributed by atoms with Gasteiger partial charge in [-0.3, -0.25) is 0 Å². The van der Waals surface area contributed by atoms with E-state index >= 15 is 0 Å². The second kappa shape index (κ2) is 6.87. The number of halogens is 2. The highest BCUT2D eigenvalue weighted by atomic mass is 35.5. The molecule has 0 aliphatic rings. The average molecular weight is 292 g/mol. The van der Waals surface area contributed by atoms with Gasteiger partial charge in [0.1, 0.15) is 5.82 Å². The van der Waals surface area contributed by atoms with Crippen LogP contribution in [0.2, 0.25) is 5.02 Å². The zero-order chi connectivity index (χ0) is 14.5. The van der Waals surface area contributed by atoms with Crippen LogP contribution in [0.15, 0.2) is 36.4 Å². The summed E-state index contributed by atoms with van der Waals surface area (Å²) in [6.07, 6.45) is 1.08. The lowest BCUT2D eigenvalue weighted by atomic mass is 9.98. The van der Waals surface area contributed by atoms with Gasteiger partial charge in [-0.2, -0.15) is 0 Å². The minimum absolute atomic E-state index is 0.176. The van der Waals surface area contributed by atoms with Gasteiger partial charge in [0, 0.05) is 11.6 Å². The molecule has 106 valence electrons. The molecule has 2 rings (SSSR count). The van der Waals surface area contributed by atoms with Gasteiger partial charge in [0.15, 0.2) is 0 Å². The highest BCUT2D eigenvalue weighted by Gasteiger charge is 2.08. The van der Waals surface area contributed by atoms with E-state index in [4.69, 9.17) is 11.6 Å². The van der Waals surface area contributed by atoms with Gasteiger partial charge in [0.05, 0.1) is 0 Å². The monoisotopic (exact) mass is 291 g/mol. The number of aryl methyl sites for hydroxylation is 1. The molecule has 20 heavy (non-hydrogen) atoms. The van der Waals surface area contributed by atoms with E-state index in [0.29, 0.717) is 10.6 Å². The maximum atomic E-state index is 13.7. The fraction of sp³-hybridized carbons (Fsp3) is 0.294. The van der Waals surface area contributed by atoms with E-state index in [1.807, 2.05) is 30.3 Å². The zero-order valence-corrected chi connectivity index (χ0v) is 12.6. The molecule has 0 saturated carbocycles. The van der Waals surface area contributed by atoms with Gasteiger partial charge in [-0.15, -0.1) is 0 Å². The standard InChI is InChI=1S/C17H19ClFN/c1-3-8-20-11-14-9-15(18)6-7-16(14)13-5-4-12(2)17(19)10-13/h4-7,9-10,20H,3,8,11H2,1-2H3. The maximum absolute atomic E-state index is 13.7. The molecule has 1 N–H and O–H groups in total. The van der Waals surface area contributed by atoms with E-state index in [2.05, 4.69) is 12.2 Å². The van der Waals surface area contributed by atoms with Crippen molar-refractivity contribution in [3.63, 3.8) is 0 Å². The minimum atomic E-state index is -0.176. The van der Waals surface area contributed by atoms with Crippen molar-refractivity contribution in [2.45, 2.75) is 26.8 Å². The topological polar surface area (TPSA) is 12.0 Å². The van der Waals surface area contributed by atoms with E-state index in [1.165, 1.54) is 0 Å². The van der Waals surface area contributed by atoms with Crippen LogP contribution in [0.25, 0.3) is 11.1 Å². The van der Waals surface area contributed by atoms with Crippen molar-refractivity contribution >= 4 is 11.6 Å². The third-order valence-corrected chi connectivity index (χ3v) is 3.53. The highest BCUT2D eigenvalue weighted by molar-refractivity contribution is 6.30. The van der Waals surface area contributed by atoms with Crippen molar-refractivity contribution in [3.05, 3.63) is 58.4 Å². The van der Waals surface area contributed by atoms with Crippen LogP contribution in [0, 0.1) is 12.7 Å².